The highest BCUT2D eigenvalue weighted by Gasteiger charge is 1.97. The van der Waals surface area contributed by atoms with Gasteiger partial charge >= 0.3 is 0 Å². The monoisotopic (exact) mass is 228 g/mol. The number of nitrogens with two attached hydrogens (primary N) is 1. The maximum Gasteiger partial charge on any atom is 0.248 e. The fourth-order valence-corrected chi connectivity index (χ4v) is 1.29. The number of hydrogen-bond donors (Lipinski definition) is 2. The summed E-state index contributed by atoms with van der Waals surface area (Å²) in [6.45, 7) is 0. The van der Waals surface area contributed by atoms with Crippen molar-refractivity contribution in [3.63, 3.8) is 0 Å². The highest BCUT2D eigenvalue weighted by Crippen LogP contribution is 2.10. The van der Waals surface area contributed by atoms with Crippen molar-refractivity contribution in [2.45, 2.75) is 0 Å². The molecule has 86 valence electrons. The summed E-state index contributed by atoms with van der Waals surface area (Å²) in [6.07, 6.45) is 4.57. The van der Waals surface area contributed by atoms with E-state index in [-0.39, 0.29) is 5.91 Å². The number of rotatable bonds is 3. The third-order valence-electron chi connectivity index (χ3n) is 2.12. The zero-order valence-electron chi connectivity index (χ0n) is 9.09. The van der Waals surface area contributed by atoms with Gasteiger partial charge in [0.15, 0.2) is 0 Å². The fraction of sp³-hybridized carbons (Fsp3) is 0. The fourth-order valence-electron chi connectivity index (χ4n) is 1.29. The summed E-state index contributed by atoms with van der Waals surface area (Å²) in [5.41, 5.74) is 6.90. The van der Waals surface area contributed by atoms with E-state index >= 15 is 0 Å². The summed E-state index contributed by atoms with van der Waals surface area (Å²) in [5.74, 6) is 0.420. The smallest absolute Gasteiger partial charge is 0.248 e. The lowest BCUT2D eigenvalue weighted by Gasteiger charge is -2.01. The predicted molar refractivity (Wildman–Crippen MR) is 67.2 cm³/mol. The molecule has 2 aromatic rings. The van der Waals surface area contributed by atoms with Crippen LogP contribution in [0.5, 0.6) is 0 Å². The molecule has 1 heterocycles. The molecule has 3 N–H and O–H groups in total. The molecule has 0 unspecified atom stereocenters. The van der Waals surface area contributed by atoms with E-state index in [2.05, 4.69) is 5.32 Å². The Hall–Kier alpha value is -2.49. The lowest BCUT2D eigenvalue weighted by Crippen LogP contribution is -2.07. The third kappa shape index (κ3) is 3.24. The number of nitrogens with one attached hydrogen (secondary N) is 1. The first-order valence-corrected chi connectivity index (χ1v) is 5.12. The minimum Gasteiger partial charge on any atom is -0.465 e. The molecule has 1 amide bonds. The minimum atomic E-state index is -0.217. The van der Waals surface area contributed by atoms with Crippen molar-refractivity contribution >= 4 is 23.4 Å². The van der Waals surface area contributed by atoms with Gasteiger partial charge in [0.1, 0.15) is 5.76 Å². The summed E-state index contributed by atoms with van der Waals surface area (Å²) in [5, 5.41) is 2.71. The quantitative estimate of drug-likeness (QED) is 0.626. The molecule has 1 aromatic carbocycles. The van der Waals surface area contributed by atoms with Crippen molar-refractivity contribution < 1.29 is 9.21 Å². The lowest BCUT2D eigenvalue weighted by molar-refractivity contribution is -0.111. The van der Waals surface area contributed by atoms with E-state index in [1.165, 1.54) is 6.08 Å². The van der Waals surface area contributed by atoms with E-state index in [0.717, 1.165) is 0 Å². The molecule has 0 aliphatic rings. The van der Waals surface area contributed by atoms with Crippen LogP contribution >= 0.6 is 0 Å². The second-order valence-electron chi connectivity index (χ2n) is 3.46. The molecule has 0 saturated carbocycles. The molecule has 4 heteroatoms. The van der Waals surface area contributed by atoms with Crippen LogP contribution in [0.3, 0.4) is 0 Å². The Balaban J connectivity index is 1.95. The third-order valence-corrected chi connectivity index (χ3v) is 2.12. The van der Waals surface area contributed by atoms with Gasteiger partial charge in [-0.1, -0.05) is 0 Å². The molecule has 0 saturated heterocycles. The molecule has 0 aliphatic heterocycles. The predicted octanol–water partition coefficient (Wildman–Crippen LogP) is 2.51. The van der Waals surface area contributed by atoms with Crippen LogP contribution in [0, 0.1) is 0 Å². The lowest BCUT2D eigenvalue weighted by atomic mass is 10.3. The van der Waals surface area contributed by atoms with Crippen molar-refractivity contribution in [3.8, 4) is 0 Å². The maximum absolute atomic E-state index is 11.5. The average Bonchev–Trinajstić information content (AvgIpc) is 2.83. The summed E-state index contributed by atoms with van der Waals surface area (Å²) in [4.78, 5) is 11.5. The maximum atomic E-state index is 11.5. The number of hydrogen-bond acceptors (Lipinski definition) is 3. The Labute approximate surface area is 98.7 Å². The SMILES string of the molecule is Nc1ccc(NC(=O)/C=C/c2ccco2)cc1. The largest absolute Gasteiger partial charge is 0.465 e. The molecule has 17 heavy (non-hydrogen) atoms. The van der Waals surface area contributed by atoms with E-state index in [1.807, 2.05) is 0 Å². The summed E-state index contributed by atoms with van der Waals surface area (Å²) < 4.78 is 5.07. The van der Waals surface area contributed by atoms with Gasteiger partial charge in [-0.2, -0.15) is 0 Å². The molecular weight excluding hydrogens is 216 g/mol. The van der Waals surface area contributed by atoms with E-state index in [9.17, 15) is 4.79 Å². The van der Waals surface area contributed by atoms with Gasteiger partial charge in [0.25, 0.3) is 0 Å². The normalized spacial score (nSPS) is 10.6. The van der Waals surface area contributed by atoms with Gasteiger partial charge in [0.2, 0.25) is 5.91 Å². The van der Waals surface area contributed by atoms with Gasteiger partial charge in [0, 0.05) is 17.5 Å². The van der Waals surface area contributed by atoms with Crippen molar-refractivity contribution in [2.75, 3.05) is 11.1 Å². The molecule has 0 bridgehead atoms. The Kier molecular flexibility index (Phi) is 3.25. The summed E-state index contributed by atoms with van der Waals surface area (Å²) >= 11 is 0. The Bertz CT molecular complexity index is 513. The number of benzene rings is 1. The Morgan fingerprint density at radius 2 is 2.00 bits per heavy atom. The number of carbonyl (C=O) groups excluding carboxylic acids is 1. The number of nitrogen functional groups attached to an aromatic ring is 1. The molecule has 1 aromatic heterocycles. The highest BCUT2D eigenvalue weighted by atomic mass is 16.3. The van der Waals surface area contributed by atoms with E-state index in [0.29, 0.717) is 17.1 Å². The number of anilines is 2. The zero-order valence-corrected chi connectivity index (χ0v) is 9.09. The number of amides is 1. The van der Waals surface area contributed by atoms with Gasteiger partial charge in [-0.05, 0) is 42.5 Å². The van der Waals surface area contributed by atoms with Crippen LogP contribution in [-0.4, -0.2) is 5.91 Å². The van der Waals surface area contributed by atoms with Crippen molar-refractivity contribution in [1.82, 2.24) is 0 Å². The van der Waals surface area contributed by atoms with Crippen LogP contribution < -0.4 is 11.1 Å². The molecule has 0 radical (unpaired) electrons. The van der Waals surface area contributed by atoms with E-state index in [4.69, 9.17) is 10.2 Å². The van der Waals surface area contributed by atoms with Gasteiger partial charge in [0.05, 0.1) is 6.26 Å². The van der Waals surface area contributed by atoms with Crippen LogP contribution in [0.2, 0.25) is 0 Å². The molecule has 0 aliphatic carbocycles. The van der Waals surface area contributed by atoms with E-state index in [1.54, 1.807) is 48.7 Å². The van der Waals surface area contributed by atoms with Crippen molar-refractivity contribution in [3.05, 3.63) is 54.5 Å². The highest BCUT2D eigenvalue weighted by molar-refractivity contribution is 6.01. The van der Waals surface area contributed by atoms with Crippen LogP contribution in [0.1, 0.15) is 5.76 Å². The van der Waals surface area contributed by atoms with Gasteiger partial charge in [-0.25, -0.2) is 0 Å². The molecule has 0 atom stereocenters. The van der Waals surface area contributed by atoms with Gasteiger partial charge in [-0.3, -0.25) is 4.79 Å². The van der Waals surface area contributed by atoms with Crippen LogP contribution in [0.25, 0.3) is 6.08 Å². The average molecular weight is 228 g/mol. The molecular formula is C13H12N2O2. The van der Waals surface area contributed by atoms with Gasteiger partial charge in [-0.15, -0.1) is 0 Å². The Morgan fingerprint density at radius 1 is 1.24 bits per heavy atom. The summed E-state index contributed by atoms with van der Waals surface area (Å²) in [7, 11) is 0. The Morgan fingerprint density at radius 3 is 2.65 bits per heavy atom. The first-order chi connectivity index (χ1) is 8.24. The molecule has 0 spiro atoms. The molecule has 4 nitrogen and oxygen atoms in total. The summed E-state index contributed by atoms with van der Waals surface area (Å²) in [6, 6.07) is 10.5. The zero-order chi connectivity index (χ0) is 12.1. The van der Waals surface area contributed by atoms with Crippen molar-refractivity contribution in [2.24, 2.45) is 0 Å². The second kappa shape index (κ2) is 5.03. The number of furan rings is 1. The first-order valence-electron chi connectivity index (χ1n) is 5.12. The second-order valence-corrected chi connectivity index (χ2v) is 3.46. The minimum absolute atomic E-state index is 0.217. The van der Waals surface area contributed by atoms with Gasteiger partial charge < -0.3 is 15.5 Å². The van der Waals surface area contributed by atoms with Crippen LogP contribution in [0.4, 0.5) is 11.4 Å². The first kappa shape index (κ1) is 11.0. The van der Waals surface area contributed by atoms with Crippen LogP contribution in [0.15, 0.2) is 53.2 Å². The topological polar surface area (TPSA) is 68.3 Å². The standard InChI is InChI=1S/C13H12N2O2/c14-10-3-5-11(6-4-10)15-13(16)8-7-12-2-1-9-17-12/h1-9H,14H2,(H,15,16)/b8-7+. The molecule has 0 fully saturated rings. The van der Waals surface area contributed by atoms with E-state index < -0.39 is 0 Å². The molecule has 2 rings (SSSR count). The van der Waals surface area contributed by atoms with Crippen molar-refractivity contribution in [1.29, 1.82) is 0 Å². The number of carbonyl (C=O) groups is 1. The van der Waals surface area contributed by atoms with Crippen LogP contribution in [-0.2, 0) is 4.79 Å².